The second-order valence-electron chi connectivity index (χ2n) is 2.30. The second-order valence-corrected chi connectivity index (χ2v) is 2.30. The van der Waals surface area contributed by atoms with Gasteiger partial charge in [-0.25, -0.2) is 0 Å². The first-order chi connectivity index (χ1) is 3.72. The number of hydrogen-bond donors (Lipinski definition) is 0. The number of hydrogen-bond acceptors (Lipinski definition) is 1. The minimum absolute atomic E-state index is 0.222. The molecule has 0 radical (unpaired) electrons. The minimum atomic E-state index is 0.222. The topological polar surface area (TPSA) is 23.8 Å². The summed E-state index contributed by atoms with van der Waals surface area (Å²) < 4.78 is 0. The van der Waals surface area contributed by atoms with E-state index in [1.807, 2.05) is 6.92 Å². The van der Waals surface area contributed by atoms with Crippen LogP contribution in [0.25, 0.3) is 0 Å². The van der Waals surface area contributed by atoms with E-state index in [0.29, 0.717) is 5.92 Å². The molecule has 0 rings (SSSR count). The van der Waals surface area contributed by atoms with Gasteiger partial charge in [0.1, 0.15) is 0 Å². The zero-order valence-corrected chi connectivity index (χ0v) is 5.81. The van der Waals surface area contributed by atoms with Gasteiger partial charge >= 0.3 is 0 Å². The molecule has 0 fully saturated rings. The summed E-state index contributed by atoms with van der Waals surface area (Å²) >= 11 is 0. The van der Waals surface area contributed by atoms with E-state index in [4.69, 9.17) is 5.26 Å². The highest BCUT2D eigenvalue weighted by molar-refractivity contribution is 4.81. The molecule has 0 heterocycles. The third-order valence-electron chi connectivity index (χ3n) is 1.70. The fourth-order valence-electron chi connectivity index (χ4n) is 0.481. The van der Waals surface area contributed by atoms with Crippen LogP contribution < -0.4 is 0 Å². The van der Waals surface area contributed by atoms with E-state index in [1.165, 1.54) is 0 Å². The van der Waals surface area contributed by atoms with E-state index in [9.17, 15) is 0 Å². The van der Waals surface area contributed by atoms with Crippen LogP contribution in [0.3, 0.4) is 0 Å². The minimum Gasteiger partial charge on any atom is -0.198 e. The first kappa shape index (κ1) is 7.49. The number of rotatable bonds is 2. The fourth-order valence-corrected chi connectivity index (χ4v) is 0.481. The predicted molar refractivity (Wildman–Crippen MR) is 34.2 cm³/mol. The van der Waals surface area contributed by atoms with Gasteiger partial charge < -0.3 is 0 Å². The van der Waals surface area contributed by atoms with E-state index in [1.54, 1.807) is 0 Å². The zero-order chi connectivity index (χ0) is 6.57. The standard InChI is InChI=1S/C7H13N/c1-4-6(2)7(3)5-8/h6-7H,4H2,1-3H3/t6-,7-/m1/s1. The molecule has 1 nitrogen and oxygen atoms in total. The van der Waals surface area contributed by atoms with Gasteiger partial charge in [-0.3, -0.25) is 0 Å². The molecule has 0 saturated carbocycles. The van der Waals surface area contributed by atoms with Gasteiger partial charge in [0.15, 0.2) is 0 Å². The van der Waals surface area contributed by atoms with E-state index >= 15 is 0 Å². The molecule has 0 bridgehead atoms. The van der Waals surface area contributed by atoms with Gasteiger partial charge in [0.2, 0.25) is 0 Å². The molecule has 2 atom stereocenters. The average molecular weight is 111 g/mol. The summed E-state index contributed by atoms with van der Waals surface area (Å²) in [7, 11) is 0. The lowest BCUT2D eigenvalue weighted by molar-refractivity contribution is 0.455. The van der Waals surface area contributed by atoms with Crippen molar-refractivity contribution in [1.29, 1.82) is 5.26 Å². The van der Waals surface area contributed by atoms with Crippen molar-refractivity contribution < 1.29 is 0 Å². The van der Waals surface area contributed by atoms with Gasteiger partial charge in [-0.2, -0.15) is 5.26 Å². The van der Waals surface area contributed by atoms with Gasteiger partial charge in [0.05, 0.1) is 6.07 Å². The second kappa shape index (κ2) is 3.49. The molecule has 0 aliphatic carbocycles. The zero-order valence-electron chi connectivity index (χ0n) is 5.81. The molecule has 46 valence electrons. The maximum absolute atomic E-state index is 8.39. The lowest BCUT2D eigenvalue weighted by Gasteiger charge is -2.07. The number of nitrogens with zero attached hydrogens (tertiary/aromatic N) is 1. The van der Waals surface area contributed by atoms with E-state index in [2.05, 4.69) is 19.9 Å². The van der Waals surface area contributed by atoms with Crippen molar-refractivity contribution in [1.82, 2.24) is 0 Å². The van der Waals surface area contributed by atoms with Crippen LogP contribution in [0.4, 0.5) is 0 Å². The Kier molecular flexibility index (Phi) is 3.26. The Morgan fingerprint density at radius 1 is 1.50 bits per heavy atom. The first-order valence-electron chi connectivity index (χ1n) is 3.12. The SMILES string of the molecule is CC[C@@H](C)[C@H](C)C#N. The highest BCUT2D eigenvalue weighted by atomic mass is 14.3. The van der Waals surface area contributed by atoms with E-state index in [-0.39, 0.29) is 5.92 Å². The summed E-state index contributed by atoms with van der Waals surface area (Å²) in [4.78, 5) is 0. The van der Waals surface area contributed by atoms with Crippen molar-refractivity contribution in [2.75, 3.05) is 0 Å². The van der Waals surface area contributed by atoms with Crippen molar-refractivity contribution in [2.24, 2.45) is 11.8 Å². The van der Waals surface area contributed by atoms with Gasteiger partial charge in [-0.15, -0.1) is 0 Å². The van der Waals surface area contributed by atoms with Crippen molar-refractivity contribution >= 4 is 0 Å². The first-order valence-corrected chi connectivity index (χ1v) is 3.12. The molecule has 0 aromatic carbocycles. The van der Waals surface area contributed by atoms with Crippen LogP contribution in [-0.2, 0) is 0 Å². The van der Waals surface area contributed by atoms with Gasteiger partial charge in [0, 0.05) is 5.92 Å². The third-order valence-corrected chi connectivity index (χ3v) is 1.70. The molecular weight excluding hydrogens is 98.1 g/mol. The Bertz CT molecular complexity index is 91.1. The Morgan fingerprint density at radius 3 is 2.12 bits per heavy atom. The van der Waals surface area contributed by atoms with Crippen molar-refractivity contribution in [3.63, 3.8) is 0 Å². The molecule has 0 aliphatic rings. The van der Waals surface area contributed by atoms with Crippen LogP contribution in [0.5, 0.6) is 0 Å². The summed E-state index contributed by atoms with van der Waals surface area (Å²) in [6, 6.07) is 2.22. The molecule has 0 aliphatic heterocycles. The Labute approximate surface area is 51.3 Å². The summed E-state index contributed by atoms with van der Waals surface area (Å²) in [6.45, 7) is 6.18. The lowest BCUT2D eigenvalue weighted by Crippen LogP contribution is -2.02. The molecule has 0 spiro atoms. The van der Waals surface area contributed by atoms with Crippen LogP contribution in [0.1, 0.15) is 27.2 Å². The third kappa shape index (κ3) is 1.97. The molecule has 0 aromatic rings. The Balaban J connectivity index is 3.49. The molecule has 0 unspecified atom stereocenters. The van der Waals surface area contributed by atoms with Crippen LogP contribution >= 0.6 is 0 Å². The van der Waals surface area contributed by atoms with E-state index in [0.717, 1.165) is 6.42 Å². The summed E-state index contributed by atoms with van der Waals surface area (Å²) in [5.74, 6) is 0.778. The normalized spacial score (nSPS) is 16.8. The van der Waals surface area contributed by atoms with Gasteiger partial charge in [0.25, 0.3) is 0 Å². The fraction of sp³-hybridized carbons (Fsp3) is 0.857. The van der Waals surface area contributed by atoms with Crippen LogP contribution in [0, 0.1) is 23.2 Å². The van der Waals surface area contributed by atoms with E-state index < -0.39 is 0 Å². The number of nitriles is 1. The largest absolute Gasteiger partial charge is 0.198 e. The predicted octanol–water partition coefficient (Wildman–Crippen LogP) is 2.19. The van der Waals surface area contributed by atoms with Crippen molar-refractivity contribution in [3.05, 3.63) is 0 Å². The van der Waals surface area contributed by atoms with Gasteiger partial charge in [-0.1, -0.05) is 20.3 Å². The molecule has 0 aromatic heterocycles. The van der Waals surface area contributed by atoms with Gasteiger partial charge in [-0.05, 0) is 12.8 Å². The highest BCUT2D eigenvalue weighted by Crippen LogP contribution is 2.11. The lowest BCUT2D eigenvalue weighted by atomic mass is 9.95. The molecular formula is C7H13N. The average Bonchev–Trinajstić information content (AvgIpc) is 1.84. The maximum Gasteiger partial charge on any atom is 0.0655 e. The van der Waals surface area contributed by atoms with Crippen molar-refractivity contribution in [2.45, 2.75) is 27.2 Å². The van der Waals surface area contributed by atoms with Crippen LogP contribution in [-0.4, -0.2) is 0 Å². The summed E-state index contributed by atoms with van der Waals surface area (Å²) in [5, 5.41) is 8.39. The monoisotopic (exact) mass is 111 g/mol. The summed E-state index contributed by atoms with van der Waals surface area (Å²) in [5.41, 5.74) is 0. The Hall–Kier alpha value is -0.510. The molecule has 0 N–H and O–H groups in total. The maximum atomic E-state index is 8.39. The molecule has 1 heteroatoms. The van der Waals surface area contributed by atoms with Crippen molar-refractivity contribution in [3.8, 4) is 6.07 Å². The molecule has 8 heavy (non-hydrogen) atoms. The quantitative estimate of drug-likeness (QED) is 0.536. The smallest absolute Gasteiger partial charge is 0.0655 e. The highest BCUT2D eigenvalue weighted by Gasteiger charge is 2.06. The molecule has 0 amide bonds. The molecule has 0 saturated heterocycles. The Morgan fingerprint density at radius 2 is 2.00 bits per heavy atom. The van der Waals surface area contributed by atoms with Crippen LogP contribution in [0.15, 0.2) is 0 Å². The summed E-state index contributed by atoms with van der Waals surface area (Å²) in [6.07, 6.45) is 1.11. The van der Waals surface area contributed by atoms with Crippen LogP contribution in [0.2, 0.25) is 0 Å².